The van der Waals surface area contributed by atoms with Crippen molar-refractivity contribution in [2.24, 2.45) is 0 Å². The molecule has 0 spiro atoms. The van der Waals surface area contributed by atoms with Crippen LogP contribution in [0.4, 0.5) is 0 Å². The van der Waals surface area contributed by atoms with E-state index in [9.17, 15) is 8.42 Å². The number of hydrogen-bond donors (Lipinski definition) is 0. The highest BCUT2D eigenvalue weighted by molar-refractivity contribution is 7.86. The molecule has 0 N–H and O–H groups in total. The third-order valence-electron chi connectivity index (χ3n) is 1.01. The van der Waals surface area contributed by atoms with Gasteiger partial charge < -0.3 is 0 Å². The first-order valence-electron chi connectivity index (χ1n) is 3.28. The Kier molecular flexibility index (Phi) is 3.26. The average Bonchev–Trinajstić information content (AvgIpc) is 1.55. The molecule has 0 atom stereocenters. The van der Waals surface area contributed by atoms with Gasteiger partial charge in [-0.25, -0.2) is 0 Å². The van der Waals surface area contributed by atoms with Crippen LogP contribution in [-0.2, 0) is 14.3 Å². The van der Waals surface area contributed by atoms with E-state index in [1.54, 1.807) is 19.9 Å². The summed E-state index contributed by atoms with van der Waals surface area (Å²) in [6, 6.07) is 0. The molecule has 0 rings (SSSR count). The molecule has 0 saturated carbocycles. The molecule has 0 aromatic rings. The van der Waals surface area contributed by atoms with Crippen LogP contribution in [0.1, 0.15) is 20.3 Å². The average molecular weight is 178 g/mol. The molecule has 0 aliphatic rings. The summed E-state index contributed by atoms with van der Waals surface area (Å²) in [6.07, 6.45) is 3.18. The van der Waals surface area contributed by atoms with Crippen molar-refractivity contribution < 1.29 is 12.6 Å². The van der Waals surface area contributed by atoms with Crippen molar-refractivity contribution in [3.63, 3.8) is 0 Å². The Morgan fingerprint density at radius 1 is 1.55 bits per heavy atom. The topological polar surface area (TPSA) is 43.4 Å². The van der Waals surface area contributed by atoms with E-state index in [1.807, 2.05) is 0 Å². The fraction of sp³-hybridized carbons (Fsp3) is 0.714. The zero-order valence-electron chi connectivity index (χ0n) is 7.12. The van der Waals surface area contributed by atoms with Gasteiger partial charge in [0.05, 0.1) is 11.9 Å². The molecule has 0 aromatic carbocycles. The summed E-state index contributed by atoms with van der Waals surface area (Å²) in [5, 5.41) is 0. The quantitative estimate of drug-likeness (QED) is 0.481. The number of hydrogen-bond acceptors (Lipinski definition) is 3. The van der Waals surface area contributed by atoms with Crippen molar-refractivity contribution >= 4 is 10.1 Å². The van der Waals surface area contributed by atoms with Crippen molar-refractivity contribution in [1.29, 1.82) is 0 Å². The van der Waals surface area contributed by atoms with Crippen molar-refractivity contribution in [1.82, 2.24) is 0 Å². The molecule has 0 heterocycles. The van der Waals surface area contributed by atoms with Gasteiger partial charge in [0.1, 0.15) is 0 Å². The van der Waals surface area contributed by atoms with Crippen LogP contribution in [-0.4, -0.2) is 20.3 Å². The molecule has 0 bridgehead atoms. The maximum absolute atomic E-state index is 10.7. The second-order valence-corrected chi connectivity index (χ2v) is 4.61. The maximum Gasteiger partial charge on any atom is 0.264 e. The molecular weight excluding hydrogens is 164 g/mol. The van der Waals surface area contributed by atoms with Crippen molar-refractivity contribution in [3.05, 3.63) is 12.7 Å². The molecule has 0 saturated heterocycles. The van der Waals surface area contributed by atoms with Crippen molar-refractivity contribution in [3.8, 4) is 0 Å². The SMILES string of the molecule is C=CCC(C)(C)OS(C)(=O)=O. The van der Waals surface area contributed by atoms with E-state index in [2.05, 4.69) is 6.58 Å². The lowest BCUT2D eigenvalue weighted by Gasteiger charge is -2.21. The molecule has 0 aliphatic carbocycles. The van der Waals surface area contributed by atoms with E-state index < -0.39 is 15.7 Å². The summed E-state index contributed by atoms with van der Waals surface area (Å²) in [5.41, 5.74) is -0.671. The lowest BCUT2D eigenvalue weighted by Crippen LogP contribution is -2.26. The van der Waals surface area contributed by atoms with Crippen LogP contribution in [0.5, 0.6) is 0 Å². The predicted octanol–water partition coefficient (Wildman–Crippen LogP) is 1.32. The van der Waals surface area contributed by atoms with E-state index in [-0.39, 0.29) is 0 Å². The molecule has 0 aromatic heterocycles. The van der Waals surface area contributed by atoms with E-state index in [4.69, 9.17) is 4.18 Å². The second-order valence-electron chi connectivity index (χ2n) is 3.04. The van der Waals surface area contributed by atoms with Crippen molar-refractivity contribution in [2.45, 2.75) is 25.9 Å². The van der Waals surface area contributed by atoms with Gasteiger partial charge >= 0.3 is 0 Å². The Labute approximate surface area is 68.2 Å². The maximum atomic E-state index is 10.7. The minimum absolute atomic E-state index is 0.514. The van der Waals surface area contributed by atoms with Gasteiger partial charge in [-0.3, -0.25) is 4.18 Å². The van der Waals surface area contributed by atoms with E-state index in [0.717, 1.165) is 6.26 Å². The molecule has 66 valence electrons. The van der Waals surface area contributed by atoms with Crippen LogP contribution < -0.4 is 0 Å². The zero-order chi connectivity index (χ0) is 9.12. The van der Waals surface area contributed by atoms with Gasteiger partial charge in [0, 0.05) is 0 Å². The molecular formula is C7H14O3S. The molecule has 4 heteroatoms. The Bertz CT molecular complexity index is 226. The molecule has 11 heavy (non-hydrogen) atoms. The Balaban J connectivity index is 4.24. The van der Waals surface area contributed by atoms with Gasteiger partial charge in [-0.05, 0) is 20.3 Å². The Morgan fingerprint density at radius 2 is 2.00 bits per heavy atom. The lowest BCUT2D eigenvalue weighted by molar-refractivity contribution is 0.123. The van der Waals surface area contributed by atoms with Crippen LogP contribution in [0.15, 0.2) is 12.7 Å². The highest BCUT2D eigenvalue weighted by Gasteiger charge is 2.21. The lowest BCUT2D eigenvalue weighted by atomic mass is 10.1. The van der Waals surface area contributed by atoms with Gasteiger partial charge in [-0.15, -0.1) is 6.58 Å². The Hall–Kier alpha value is -0.350. The first-order valence-corrected chi connectivity index (χ1v) is 5.10. The van der Waals surface area contributed by atoms with Gasteiger partial charge in [0.15, 0.2) is 0 Å². The summed E-state index contributed by atoms with van der Waals surface area (Å²) < 4.78 is 26.1. The van der Waals surface area contributed by atoms with Crippen LogP contribution in [0, 0.1) is 0 Å². The zero-order valence-corrected chi connectivity index (χ0v) is 7.94. The standard InChI is InChI=1S/C7H14O3S/c1-5-6-7(2,3)10-11(4,8)9/h5H,1,6H2,2-4H3. The van der Waals surface area contributed by atoms with Gasteiger partial charge in [-0.2, -0.15) is 8.42 Å². The predicted molar refractivity (Wildman–Crippen MR) is 44.8 cm³/mol. The van der Waals surface area contributed by atoms with E-state index >= 15 is 0 Å². The summed E-state index contributed by atoms with van der Waals surface area (Å²) >= 11 is 0. The summed E-state index contributed by atoms with van der Waals surface area (Å²) in [5.74, 6) is 0. The van der Waals surface area contributed by atoms with Crippen LogP contribution >= 0.6 is 0 Å². The third-order valence-corrected chi connectivity index (χ3v) is 1.77. The normalized spacial score (nSPS) is 13.0. The Morgan fingerprint density at radius 3 is 2.27 bits per heavy atom. The highest BCUT2D eigenvalue weighted by atomic mass is 32.2. The fourth-order valence-corrected chi connectivity index (χ4v) is 1.68. The molecule has 3 nitrogen and oxygen atoms in total. The monoisotopic (exact) mass is 178 g/mol. The van der Waals surface area contributed by atoms with Crippen LogP contribution in [0.2, 0.25) is 0 Å². The minimum atomic E-state index is -3.35. The molecule has 0 radical (unpaired) electrons. The van der Waals surface area contributed by atoms with Gasteiger partial charge in [-0.1, -0.05) is 6.08 Å². The second kappa shape index (κ2) is 3.36. The van der Waals surface area contributed by atoms with E-state index in [1.165, 1.54) is 0 Å². The minimum Gasteiger partial charge on any atom is -0.264 e. The first kappa shape index (κ1) is 10.7. The van der Waals surface area contributed by atoms with E-state index in [0.29, 0.717) is 6.42 Å². The van der Waals surface area contributed by atoms with Gasteiger partial charge in [0.25, 0.3) is 10.1 Å². The summed E-state index contributed by atoms with van der Waals surface area (Å²) in [6.45, 7) is 6.91. The highest BCUT2D eigenvalue weighted by Crippen LogP contribution is 2.16. The molecule has 0 fully saturated rings. The van der Waals surface area contributed by atoms with Crippen molar-refractivity contribution in [2.75, 3.05) is 6.26 Å². The fourth-order valence-electron chi connectivity index (χ4n) is 0.791. The van der Waals surface area contributed by atoms with Gasteiger partial charge in [0.2, 0.25) is 0 Å². The molecule has 0 aliphatic heterocycles. The molecule has 0 unspecified atom stereocenters. The van der Waals surface area contributed by atoms with Crippen LogP contribution in [0.25, 0.3) is 0 Å². The van der Waals surface area contributed by atoms with Crippen LogP contribution in [0.3, 0.4) is 0 Å². The number of rotatable bonds is 4. The first-order chi connectivity index (χ1) is 4.77. The molecule has 0 amide bonds. The summed E-state index contributed by atoms with van der Waals surface area (Å²) in [4.78, 5) is 0. The summed E-state index contributed by atoms with van der Waals surface area (Å²) in [7, 11) is -3.35. The third kappa shape index (κ3) is 6.06. The smallest absolute Gasteiger partial charge is 0.264 e. The largest absolute Gasteiger partial charge is 0.264 e.